The number of carbonyl (C=O) groups excluding carboxylic acids is 4. The van der Waals surface area contributed by atoms with Gasteiger partial charge in [0.2, 0.25) is 6.29 Å². The van der Waals surface area contributed by atoms with Gasteiger partial charge in [0.25, 0.3) is 0 Å². The van der Waals surface area contributed by atoms with Crippen molar-refractivity contribution in [1.82, 2.24) is 0 Å². The summed E-state index contributed by atoms with van der Waals surface area (Å²) in [5.74, 6) is -3.25. The molecule has 11 heteroatoms. The van der Waals surface area contributed by atoms with Crippen molar-refractivity contribution in [3.8, 4) is 0 Å². The first-order valence-electron chi connectivity index (χ1n) is 13.0. The summed E-state index contributed by atoms with van der Waals surface area (Å²) in [5.41, 5.74) is -5.63. The highest BCUT2D eigenvalue weighted by molar-refractivity contribution is 5.96. The van der Waals surface area contributed by atoms with Crippen LogP contribution in [-0.2, 0) is 42.9 Å². The Bertz CT molecular complexity index is 1190. The topological polar surface area (TPSA) is 158 Å². The molecule has 3 saturated heterocycles. The first kappa shape index (κ1) is 25.9. The van der Waals surface area contributed by atoms with Crippen molar-refractivity contribution in [2.75, 3.05) is 7.11 Å². The zero-order valence-electron chi connectivity index (χ0n) is 22.3. The fraction of sp³-hybridized carbons (Fsp3) is 0.778. The van der Waals surface area contributed by atoms with Crippen molar-refractivity contribution in [1.29, 1.82) is 0 Å². The molecular formula is C27H34O11. The number of fused-ring (bicyclic) bond motifs is 3. The smallest absolute Gasteiger partial charge is 0.340 e. The molecule has 6 rings (SSSR count). The zero-order valence-corrected chi connectivity index (χ0v) is 22.3. The predicted octanol–water partition coefficient (Wildman–Crippen LogP) is 0.580. The Balaban J connectivity index is 1.52. The Hall–Kier alpha value is -2.34. The van der Waals surface area contributed by atoms with Gasteiger partial charge in [-0.15, -0.1) is 0 Å². The molecule has 38 heavy (non-hydrogen) atoms. The van der Waals surface area contributed by atoms with Gasteiger partial charge in [-0.2, -0.15) is 0 Å². The number of hydrogen-bond acceptors (Lipinski definition) is 11. The van der Waals surface area contributed by atoms with Gasteiger partial charge in [-0.1, -0.05) is 13.8 Å². The molecule has 0 aromatic heterocycles. The number of rotatable bonds is 3. The van der Waals surface area contributed by atoms with Gasteiger partial charge in [-0.25, -0.2) is 9.59 Å². The van der Waals surface area contributed by atoms with Gasteiger partial charge in [0, 0.05) is 29.1 Å². The lowest BCUT2D eigenvalue weighted by molar-refractivity contribution is -0.232. The van der Waals surface area contributed by atoms with E-state index < -0.39 is 82.0 Å². The van der Waals surface area contributed by atoms with Crippen LogP contribution < -0.4 is 0 Å². The number of epoxide rings is 1. The van der Waals surface area contributed by atoms with Crippen molar-refractivity contribution in [3.63, 3.8) is 0 Å². The summed E-state index contributed by atoms with van der Waals surface area (Å²) in [5, 5.41) is 21.9. The second-order valence-corrected chi connectivity index (χ2v) is 12.9. The number of esters is 3. The second kappa shape index (κ2) is 7.44. The van der Waals surface area contributed by atoms with Gasteiger partial charge in [-0.3, -0.25) is 9.59 Å². The third-order valence-electron chi connectivity index (χ3n) is 10.9. The fourth-order valence-corrected chi connectivity index (χ4v) is 9.49. The van der Waals surface area contributed by atoms with Crippen molar-refractivity contribution in [3.05, 3.63) is 11.6 Å². The van der Waals surface area contributed by atoms with Crippen LogP contribution in [0.1, 0.15) is 53.9 Å². The molecule has 1 unspecified atom stereocenters. The lowest BCUT2D eigenvalue weighted by Gasteiger charge is -2.65. The number of cyclic esters (lactones) is 2. The quantitative estimate of drug-likeness (QED) is 0.296. The minimum Gasteiger partial charge on any atom is -0.469 e. The van der Waals surface area contributed by atoms with E-state index in [1.54, 1.807) is 13.8 Å². The first-order chi connectivity index (χ1) is 17.6. The Morgan fingerprint density at radius 3 is 2.34 bits per heavy atom. The van der Waals surface area contributed by atoms with Crippen LogP contribution in [0.2, 0.25) is 0 Å². The summed E-state index contributed by atoms with van der Waals surface area (Å²) >= 11 is 0. The molecular weight excluding hydrogens is 500 g/mol. The molecule has 0 radical (unpaired) electrons. The van der Waals surface area contributed by atoms with E-state index in [9.17, 15) is 29.4 Å². The highest BCUT2D eigenvalue weighted by Gasteiger charge is 2.90. The van der Waals surface area contributed by atoms with Gasteiger partial charge in [0.15, 0.2) is 6.10 Å². The zero-order chi connectivity index (χ0) is 27.8. The maximum absolute atomic E-state index is 14.3. The maximum atomic E-state index is 14.3. The summed E-state index contributed by atoms with van der Waals surface area (Å²) in [7, 11) is 1.30. The highest BCUT2D eigenvalue weighted by atomic mass is 16.7. The molecule has 0 aromatic rings. The van der Waals surface area contributed by atoms with Crippen molar-refractivity contribution >= 4 is 23.7 Å². The largest absolute Gasteiger partial charge is 0.469 e. The van der Waals surface area contributed by atoms with E-state index in [1.807, 2.05) is 20.8 Å². The average molecular weight is 535 g/mol. The van der Waals surface area contributed by atoms with E-state index in [2.05, 4.69) is 0 Å². The van der Waals surface area contributed by atoms with E-state index in [-0.39, 0.29) is 36.5 Å². The minimum absolute atomic E-state index is 0.0311. The lowest BCUT2D eigenvalue weighted by Crippen LogP contribution is -2.75. The van der Waals surface area contributed by atoms with Gasteiger partial charge in [0.05, 0.1) is 42.3 Å². The molecule has 0 aromatic carbocycles. The van der Waals surface area contributed by atoms with E-state index >= 15 is 0 Å². The molecule has 2 saturated carbocycles. The number of methoxy groups -OCH3 is 1. The molecule has 1 spiro atoms. The molecule has 4 heterocycles. The Morgan fingerprint density at radius 2 is 1.74 bits per heavy atom. The van der Waals surface area contributed by atoms with Gasteiger partial charge >= 0.3 is 17.9 Å². The molecule has 6 aliphatic rings. The fourth-order valence-electron chi connectivity index (χ4n) is 9.49. The van der Waals surface area contributed by atoms with Crippen LogP contribution in [0.25, 0.3) is 0 Å². The number of ketones is 1. The normalized spacial score (nSPS) is 52.1. The summed E-state index contributed by atoms with van der Waals surface area (Å²) in [6.45, 7) is 9.19. The third-order valence-corrected chi connectivity index (χ3v) is 10.9. The summed E-state index contributed by atoms with van der Waals surface area (Å²) in [4.78, 5) is 52.5. The number of aliphatic hydroxyl groups excluding tert-OH is 2. The molecule has 4 aliphatic heterocycles. The van der Waals surface area contributed by atoms with Crippen LogP contribution in [-0.4, -0.2) is 82.9 Å². The number of ether oxygens (including phenoxy) is 5. The molecule has 11 nitrogen and oxygen atoms in total. The average Bonchev–Trinajstić information content (AvgIpc) is 3.47. The molecule has 0 amide bonds. The Labute approximate surface area is 219 Å². The van der Waals surface area contributed by atoms with Crippen molar-refractivity contribution in [2.24, 2.45) is 28.1 Å². The SMILES string of the molecule is COC(=O)C[C@H]1OC(C)(C)[C@@H]2CC(=O)[C@]3(C)[C@H]([C@@H](O)C[C@@]4(C)[C@H](C5=CC(O)OC5=O)OC(=O)[C@H]5O[C@]543)[C@@]12C. The summed E-state index contributed by atoms with van der Waals surface area (Å²) in [6, 6.07) is 0. The maximum Gasteiger partial charge on any atom is 0.340 e. The number of carbonyl (C=O) groups is 4. The van der Waals surface area contributed by atoms with Crippen molar-refractivity contribution < 1.29 is 53.1 Å². The van der Waals surface area contributed by atoms with E-state index in [4.69, 9.17) is 23.7 Å². The molecule has 2 N–H and O–H groups in total. The third kappa shape index (κ3) is 2.73. The van der Waals surface area contributed by atoms with Crippen LogP contribution in [0.4, 0.5) is 0 Å². The summed E-state index contributed by atoms with van der Waals surface area (Å²) in [6.07, 6.45) is -4.26. The monoisotopic (exact) mass is 534 g/mol. The Kier molecular flexibility index (Phi) is 5.07. The number of hydrogen-bond donors (Lipinski definition) is 2. The molecule has 5 fully saturated rings. The second-order valence-electron chi connectivity index (χ2n) is 12.9. The van der Waals surface area contributed by atoms with Crippen LogP contribution in [0.5, 0.6) is 0 Å². The van der Waals surface area contributed by atoms with Gasteiger partial charge in [-0.05, 0) is 33.3 Å². The first-order valence-corrected chi connectivity index (χ1v) is 13.0. The summed E-state index contributed by atoms with van der Waals surface area (Å²) < 4.78 is 28.2. The van der Waals surface area contributed by atoms with E-state index in [1.165, 1.54) is 13.2 Å². The van der Waals surface area contributed by atoms with Crippen LogP contribution in [0, 0.1) is 28.1 Å². The Morgan fingerprint density at radius 1 is 1.05 bits per heavy atom. The van der Waals surface area contributed by atoms with Gasteiger partial charge in [0.1, 0.15) is 17.5 Å². The molecule has 11 atom stereocenters. The molecule has 208 valence electrons. The number of Topliss-reactive ketones (excluding diaryl/α,β-unsaturated/α-hetero) is 1. The van der Waals surface area contributed by atoms with E-state index in [0.717, 1.165) is 0 Å². The molecule has 0 bridgehead atoms. The van der Waals surface area contributed by atoms with Crippen molar-refractivity contribution in [2.45, 2.75) is 95.8 Å². The van der Waals surface area contributed by atoms with Crippen LogP contribution >= 0.6 is 0 Å². The van der Waals surface area contributed by atoms with Crippen LogP contribution in [0.15, 0.2) is 11.6 Å². The van der Waals surface area contributed by atoms with Gasteiger partial charge < -0.3 is 33.9 Å². The van der Waals surface area contributed by atoms with Crippen LogP contribution in [0.3, 0.4) is 0 Å². The lowest BCUT2D eigenvalue weighted by atomic mass is 9.36. The molecule has 2 aliphatic carbocycles. The number of aliphatic hydroxyl groups is 2. The minimum atomic E-state index is -1.49. The predicted molar refractivity (Wildman–Crippen MR) is 125 cm³/mol. The standard InChI is InChI=1S/C27H34O11/c1-23(2)13-8-14(29)26(5)18(25(13,4)15(37-23)9-16(30)34-6)12(28)10-24(3)19(11-7-17(31)35-21(11)32)36-22(33)20-27(24,26)38-20/h7,12-13,15,17-20,28,31H,8-10H2,1-6H3/t12-,13-,15+,17?,18+,19-,20+,24-,25+,26+,27+/m0/s1. The highest BCUT2D eigenvalue weighted by Crippen LogP contribution is 2.78. The van der Waals surface area contributed by atoms with E-state index in [0.29, 0.717) is 0 Å².